The van der Waals surface area contributed by atoms with Crippen LogP contribution in [-0.2, 0) is 0 Å². The normalized spacial score (nSPS) is 11.4. The molecule has 0 radical (unpaired) electrons. The molecule has 0 spiro atoms. The maximum absolute atomic E-state index is 12.1. The van der Waals surface area contributed by atoms with Crippen molar-refractivity contribution in [2.75, 3.05) is 6.54 Å². The van der Waals surface area contributed by atoms with Gasteiger partial charge in [-0.05, 0) is 36.0 Å². The van der Waals surface area contributed by atoms with Crippen molar-refractivity contribution in [3.63, 3.8) is 0 Å². The molecular weight excluding hydrogens is 326 g/mol. The lowest BCUT2D eigenvalue weighted by molar-refractivity contribution is 0.0937. The third kappa shape index (κ3) is 4.81. The zero-order valence-electron chi connectivity index (χ0n) is 11.8. The van der Waals surface area contributed by atoms with Gasteiger partial charge >= 0.3 is 0 Å². The van der Waals surface area contributed by atoms with Crippen molar-refractivity contribution in [1.29, 1.82) is 0 Å². The standard InChI is InChI=1S/C15H21BrClNO/c1-9(2)13(10(3)4)8-18-15(19)12-6-5-11(16)7-14(12)17/h5-7,9-10,13H,8H2,1-4H3,(H,18,19). The molecule has 0 atom stereocenters. The van der Waals surface area contributed by atoms with Gasteiger partial charge in [0, 0.05) is 11.0 Å². The number of nitrogens with one attached hydrogen (secondary N) is 1. The highest BCUT2D eigenvalue weighted by atomic mass is 79.9. The van der Waals surface area contributed by atoms with Gasteiger partial charge in [-0.3, -0.25) is 4.79 Å². The molecule has 0 bridgehead atoms. The summed E-state index contributed by atoms with van der Waals surface area (Å²) < 4.78 is 0.872. The summed E-state index contributed by atoms with van der Waals surface area (Å²) >= 11 is 9.40. The molecule has 1 amide bonds. The van der Waals surface area contributed by atoms with Crippen LogP contribution in [0.1, 0.15) is 38.1 Å². The third-order valence-electron chi connectivity index (χ3n) is 3.39. The Morgan fingerprint density at radius 1 is 1.26 bits per heavy atom. The number of hydrogen-bond acceptors (Lipinski definition) is 1. The Kier molecular flexibility index (Phi) is 6.34. The highest BCUT2D eigenvalue weighted by Crippen LogP contribution is 2.22. The van der Waals surface area contributed by atoms with Gasteiger partial charge in [0.1, 0.15) is 0 Å². The number of carbonyl (C=O) groups excluding carboxylic acids is 1. The topological polar surface area (TPSA) is 29.1 Å². The molecule has 0 unspecified atom stereocenters. The lowest BCUT2D eigenvalue weighted by Gasteiger charge is -2.25. The summed E-state index contributed by atoms with van der Waals surface area (Å²) in [5.74, 6) is 1.45. The summed E-state index contributed by atoms with van der Waals surface area (Å²) in [6, 6.07) is 5.30. The quantitative estimate of drug-likeness (QED) is 0.818. The third-order valence-corrected chi connectivity index (χ3v) is 4.19. The van der Waals surface area contributed by atoms with Gasteiger partial charge < -0.3 is 5.32 Å². The van der Waals surface area contributed by atoms with Crippen molar-refractivity contribution in [3.05, 3.63) is 33.3 Å². The minimum atomic E-state index is -0.108. The predicted molar refractivity (Wildman–Crippen MR) is 84.7 cm³/mol. The Hall–Kier alpha value is -0.540. The second-order valence-corrected chi connectivity index (χ2v) is 6.81. The van der Waals surface area contributed by atoms with E-state index in [-0.39, 0.29) is 5.91 Å². The lowest BCUT2D eigenvalue weighted by Crippen LogP contribution is -2.34. The summed E-state index contributed by atoms with van der Waals surface area (Å²) in [5, 5.41) is 3.45. The van der Waals surface area contributed by atoms with Crippen molar-refractivity contribution in [2.45, 2.75) is 27.7 Å². The molecule has 0 aromatic heterocycles. The summed E-state index contributed by atoms with van der Waals surface area (Å²) in [6.07, 6.45) is 0. The Bertz CT molecular complexity index is 438. The lowest BCUT2D eigenvalue weighted by atomic mass is 9.85. The van der Waals surface area contributed by atoms with Crippen LogP contribution in [0, 0.1) is 17.8 Å². The van der Waals surface area contributed by atoms with Crippen LogP contribution in [-0.4, -0.2) is 12.5 Å². The Labute approximate surface area is 129 Å². The molecular formula is C15H21BrClNO. The molecule has 0 saturated carbocycles. The van der Waals surface area contributed by atoms with E-state index >= 15 is 0 Å². The van der Waals surface area contributed by atoms with Crippen LogP contribution in [0.25, 0.3) is 0 Å². The maximum Gasteiger partial charge on any atom is 0.252 e. The van der Waals surface area contributed by atoms with Gasteiger partial charge in [0.25, 0.3) is 5.91 Å². The van der Waals surface area contributed by atoms with E-state index in [9.17, 15) is 4.79 Å². The van der Waals surface area contributed by atoms with E-state index in [1.54, 1.807) is 12.1 Å². The maximum atomic E-state index is 12.1. The minimum absolute atomic E-state index is 0.108. The highest BCUT2D eigenvalue weighted by Gasteiger charge is 2.19. The average molecular weight is 347 g/mol. The fraction of sp³-hybridized carbons (Fsp3) is 0.533. The van der Waals surface area contributed by atoms with Crippen LogP contribution in [0.5, 0.6) is 0 Å². The first-order valence-corrected chi connectivity index (χ1v) is 7.73. The summed E-state index contributed by atoms with van der Waals surface area (Å²) in [7, 11) is 0. The molecule has 19 heavy (non-hydrogen) atoms. The van der Waals surface area contributed by atoms with Gasteiger partial charge in [-0.25, -0.2) is 0 Å². The van der Waals surface area contributed by atoms with E-state index in [2.05, 4.69) is 48.9 Å². The van der Waals surface area contributed by atoms with Gasteiger partial charge in [-0.15, -0.1) is 0 Å². The number of rotatable bonds is 5. The molecule has 1 aromatic rings. The molecule has 0 aliphatic carbocycles. The van der Waals surface area contributed by atoms with Crippen LogP contribution in [0.3, 0.4) is 0 Å². The highest BCUT2D eigenvalue weighted by molar-refractivity contribution is 9.10. The second-order valence-electron chi connectivity index (χ2n) is 5.49. The van der Waals surface area contributed by atoms with Crippen LogP contribution < -0.4 is 5.32 Å². The van der Waals surface area contributed by atoms with E-state index in [0.717, 1.165) is 4.47 Å². The zero-order valence-corrected chi connectivity index (χ0v) is 14.2. The molecule has 4 heteroatoms. The zero-order chi connectivity index (χ0) is 14.6. The minimum Gasteiger partial charge on any atom is -0.352 e. The number of amides is 1. The SMILES string of the molecule is CC(C)C(CNC(=O)c1ccc(Br)cc1Cl)C(C)C. The molecule has 0 aliphatic rings. The molecule has 2 nitrogen and oxygen atoms in total. The van der Waals surface area contributed by atoms with E-state index in [4.69, 9.17) is 11.6 Å². The molecule has 1 N–H and O–H groups in total. The first-order chi connectivity index (χ1) is 8.82. The molecule has 0 heterocycles. The Balaban J connectivity index is 2.69. The molecule has 0 saturated heterocycles. The van der Waals surface area contributed by atoms with E-state index in [0.29, 0.717) is 34.9 Å². The smallest absolute Gasteiger partial charge is 0.252 e. The summed E-state index contributed by atoms with van der Waals surface area (Å²) in [5.41, 5.74) is 0.524. The first-order valence-electron chi connectivity index (χ1n) is 6.56. The monoisotopic (exact) mass is 345 g/mol. The fourth-order valence-electron chi connectivity index (χ4n) is 2.22. The predicted octanol–water partition coefficient (Wildman–Crippen LogP) is 4.76. The van der Waals surface area contributed by atoms with Crippen molar-refractivity contribution in [2.24, 2.45) is 17.8 Å². The van der Waals surface area contributed by atoms with Crippen molar-refractivity contribution in [3.8, 4) is 0 Å². The van der Waals surface area contributed by atoms with E-state index < -0.39 is 0 Å². The van der Waals surface area contributed by atoms with E-state index in [1.165, 1.54) is 0 Å². The fourth-order valence-corrected chi connectivity index (χ4v) is 2.98. The van der Waals surface area contributed by atoms with Crippen LogP contribution in [0.15, 0.2) is 22.7 Å². The molecule has 1 aromatic carbocycles. The first kappa shape index (κ1) is 16.5. The molecule has 1 rings (SSSR count). The molecule has 106 valence electrons. The number of hydrogen-bond donors (Lipinski definition) is 1. The number of carbonyl (C=O) groups is 1. The van der Waals surface area contributed by atoms with Gasteiger partial charge in [-0.1, -0.05) is 55.2 Å². The molecule has 0 fully saturated rings. The van der Waals surface area contributed by atoms with Crippen molar-refractivity contribution in [1.82, 2.24) is 5.32 Å². The number of halogens is 2. The van der Waals surface area contributed by atoms with Gasteiger partial charge in [0.2, 0.25) is 0 Å². The summed E-state index contributed by atoms with van der Waals surface area (Å²) in [4.78, 5) is 12.1. The van der Waals surface area contributed by atoms with Crippen LogP contribution in [0.2, 0.25) is 5.02 Å². The Morgan fingerprint density at radius 3 is 2.32 bits per heavy atom. The van der Waals surface area contributed by atoms with Crippen molar-refractivity contribution >= 4 is 33.4 Å². The largest absolute Gasteiger partial charge is 0.352 e. The van der Waals surface area contributed by atoms with E-state index in [1.807, 2.05) is 6.07 Å². The summed E-state index contributed by atoms with van der Waals surface area (Å²) in [6.45, 7) is 9.42. The Morgan fingerprint density at radius 2 is 1.84 bits per heavy atom. The van der Waals surface area contributed by atoms with Crippen LogP contribution >= 0.6 is 27.5 Å². The van der Waals surface area contributed by atoms with Crippen molar-refractivity contribution < 1.29 is 4.79 Å². The van der Waals surface area contributed by atoms with Gasteiger partial charge in [0.05, 0.1) is 10.6 Å². The molecule has 0 aliphatic heterocycles. The average Bonchev–Trinajstić information content (AvgIpc) is 2.27. The number of benzene rings is 1. The van der Waals surface area contributed by atoms with Gasteiger partial charge in [0.15, 0.2) is 0 Å². The second kappa shape index (κ2) is 7.30. The van der Waals surface area contributed by atoms with Gasteiger partial charge in [-0.2, -0.15) is 0 Å². The van der Waals surface area contributed by atoms with Crippen LogP contribution in [0.4, 0.5) is 0 Å².